The molecule has 0 amide bonds. The predicted molar refractivity (Wildman–Crippen MR) is 75.7 cm³/mol. The number of nitrogens with zero attached hydrogens (tertiary/aromatic N) is 3. The molecule has 0 saturated carbocycles. The lowest BCUT2D eigenvalue weighted by atomic mass is 10.4. The Morgan fingerprint density at radius 3 is 2.81 bits per heavy atom. The molecule has 0 saturated heterocycles. The molecule has 0 aliphatic carbocycles. The van der Waals surface area contributed by atoms with E-state index in [1.807, 2.05) is 0 Å². The zero-order valence-corrected chi connectivity index (χ0v) is 12.9. The molecule has 0 bridgehead atoms. The fourth-order valence-corrected chi connectivity index (χ4v) is 2.61. The third-order valence-electron chi connectivity index (χ3n) is 2.85. The SMILES string of the molecule is CCCNCc1ccc(S(=O)(=O)NCc2nncn2C)o1. The van der Waals surface area contributed by atoms with E-state index < -0.39 is 10.0 Å². The van der Waals surface area contributed by atoms with E-state index in [0.29, 0.717) is 18.1 Å². The second kappa shape index (κ2) is 6.83. The summed E-state index contributed by atoms with van der Waals surface area (Å²) in [6, 6.07) is 3.10. The van der Waals surface area contributed by atoms with Crippen LogP contribution in [0.25, 0.3) is 0 Å². The van der Waals surface area contributed by atoms with Crippen LogP contribution < -0.4 is 10.0 Å². The van der Waals surface area contributed by atoms with Gasteiger partial charge >= 0.3 is 0 Å². The second-order valence-corrected chi connectivity index (χ2v) is 6.28. The summed E-state index contributed by atoms with van der Waals surface area (Å²) in [5.74, 6) is 1.11. The number of hydrogen-bond donors (Lipinski definition) is 2. The Kier molecular flexibility index (Phi) is 5.10. The molecule has 2 aromatic rings. The van der Waals surface area contributed by atoms with Crippen LogP contribution in [0.2, 0.25) is 0 Å². The molecular formula is C12H19N5O3S. The first-order valence-corrected chi connectivity index (χ1v) is 8.13. The van der Waals surface area contributed by atoms with Crippen molar-refractivity contribution in [2.75, 3.05) is 6.54 Å². The van der Waals surface area contributed by atoms with Crippen molar-refractivity contribution in [2.24, 2.45) is 7.05 Å². The van der Waals surface area contributed by atoms with Crippen molar-refractivity contribution in [1.29, 1.82) is 0 Å². The molecule has 0 radical (unpaired) electrons. The number of hydrogen-bond acceptors (Lipinski definition) is 6. The molecule has 0 fully saturated rings. The third-order valence-corrected chi connectivity index (χ3v) is 4.13. The molecule has 8 nitrogen and oxygen atoms in total. The van der Waals surface area contributed by atoms with Crippen molar-refractivity contribution in [3.63, 3.8) is 0 Å². The van der Waals surface area contributed by atoms with Gasteiger partial charge in [-0.1, -0.05) is 6.92 Å². The zero-order valence-electron chi connectivity index (χ0n) is 12.0. The summed E-state index contributed by atoms with van der Waals surface area (Å²) < 4.78 is 33.6. The van der Waals surface area contributed by atoms with Crippen LogP contribution in [0.4, 0.5) is 0 Å². The maximum atomic E-state index is 12.1. The zero-order chi connectivity index (χ0) is 15.3. The number of rotatable bonds is 8. The Balaban J connectivity index is 1.97. The molecule has 0 spiro atoms. The predicted octanol–water partition coefficient (Wildman–Crippen LogP) is 0.386. The fraction of sp³-hybridized carbons (Fsp3) is 0.500. The maximum Gasteiger partial charge on any atom is 0.274 e. The highest BCUT2D eigenvalue weighted by Gasteiger charge is 2.19. The minimum atomic E-state index is -3.69. The molecule has 0 atom stereocenters. The van der Waals surface area contributed by atoms with E-state index in [4.69, 9.17) is 4.42 Å². The Bertz CT molecular complexity index is 677. The lowest BCUT2D eigenvalue weighted by molar-refractivity contribution is 0.399. The largest absolute Gasteiger partial charge is 0.447 e. The van der Waals surface area contributed by atoms with Crippen LogP contribution in [0.5, 0.6) is 0 Å². The summed E-state index contributed by atoms with van der Waals surface area (Å²) in [6.07, 6.45) is 2.51. The van der Waals surface area contributed by atoms with Crippen LogP contribution in [0.15, 0.2) is 28.0 Å². The van der Waals surface area contributed by atoms with Crippen LogP contribution in [0, 0.1) is 0 Å². The van der Waals surface area contributed by atoms with Gasteiger partial charge in [-0.15, -0.1) is 10.2 Å². The van der Waals surface area contributed by atoms with Crippen LogP contribution in [-0.2, 0) is 30.2 Å². The van der Waals surface area contributed by atoms with E-state index in [9.17, 15) is 8.42 Å². The van der Waals surface area contributed by atoms with Crippen molar-refractivity contribution < 1.29 is 12.8 Å². The summed E-state index contributed by atoms with van der Waals surface area (Å²) in [4.78, 5) is 0. The minimum Gasteiger partial charge on any atom is -0.447 e. The van der Waals surface area contributed by atoms with E-state index in [0.717, 1.165) is 13.0 Å². The first-order chi connectivity index (χ1) is 10.0. The summed E-state index contributed by atoms with van der Waals surface area (Å²) in [6.45, 7) is 3.48. The molecule has 2 aromatic heterocycles. The van der Waals surface area contributed by atoms with Crippen LogP contribution in [-0.4, -0.2) is 29.7 Å². The quantitative estimate of drug-likeness (QED) is 0.683. The highest BCUT2D eigenvalue weighted by atomic mass is 32.2. The summed E-state index contributed by atoms with van der Waals surface area (Å²) >= 11 is 0. The van der Waals surface area contributed by atoms with Crippen molar-refractivity contribution >= 4 is 10.0 Å². The number of nitrogens with one attached hydrogen (secondary N) is 2. The minimum absolute atomic E-state index is 0.0585. The van der Waals surface area contributed by atoms with E-state index in [2.05, 4.69) is 27.2 Å². The average molecular weight is 313 g/mol. The fourth-order valence-electron chi connectivity index (χ4n) is 1.68. The van der Waals surface area contributed by atoms with Gasteiger partial charge in [0.05, 0.1) is 13.1 Å². The number of furan rings is 1. The van der Waals surface area contributed by atoms with E-state index >= 15 is 0 Å². The number of sulfonamides is 1. The standard InChI is InChI=1S/C12H19N5O3S/c1-3-6-13-7-10-4-5-12(20-10)21(18,19)15-8-11-16-14-9-17(11)2/h4-5,9,13,15H,3,6-8H2,1-2H3. The average Bonchev–Trinajstić information content (AvgIpc) is 3.06. The van der Waals surface area contributed by atoms with E-state index in [1.54, 1.807) is 17.7 Å². The number of aryl methyl sites for hydroxylation is 1. The van der Waals surface area contributed by atoms with Gasteiger partial charge in [-0.05, 0) is 25.1 Å². The normalized spacial score (nSPS) is 11.9. The Labute approximate surface area is 123 Å². The molecule has 116 valence electrons. The first kappa shape index (κ1) is 15.7. The van der Waals surface area contributed by atoms with Gasteiger partial charge in [-0.3, -0.25) is 0 Å². The molecule has 21 heavy (non-hydrogen) atoms. The smallest absolute Gasteiger partial charge is 0.274 e. The molecule has 0 unspecified atom stereocenters. The molecule has 2 N–H and O–H groups in total. The summed E-state index contributed by atoms with van der Waals surface area (Å²) in [5.41, 5.74) is 0. The monoisotopic (exact) mass is 313 g/mol. The Morgan fingerprint density at radius 2 is 2.14 bits per heavy atom. The van der Waals surface area contributed by atoms with Gasteiger partial charge in [0.25, 0.3) is 10.0 Å². The second-order valence-electron chi connectivity index (χ2n) is 4.58. The topological polar surface area (TPSA) is 102 Å². The van der Waals surface area contributed by atoms with Crippen LogP contribution >= 0.6 is 0 Å². The highest BCUT2D eigenvalue weighted by molar-refractivity contribution is 7.89. The first-order valence-electron chi connectivity index (χ1n) is 6.65. The van der Waals surface area contributed by atoms with Crippen molar-refractivity contribution in [2.45, 2.75) is 31.5 Å². The Hall–Kier alpha value is -1.71. The molecule has 0 aliphatic heterocycles. The summed E-state index contributed by atoms with van der Waals surface area (Å²) in [7, 11) is -1.94. The highest BCUT2D eigenvalue weighted by Crippen LogP contribution is 2.14. The van der Waals surface area contributed by atoms with E-state index in [-0.39, 0.29) is 11.6 Å². The molecule has 0 aliphatic rings. The van der Waals surface area contributed by atoms with E-state index in [1.165, 1.54) is 12.4 Å². The summed E-state index contributed by atoms with van der Waals surface area (Å²) in [5, 5.41) is 10.5. The van der Waals surface area contributed by atoms with Gasteiger partial charge in [0, 0.05) is 7.05 Å². The van der Waals surface area contributed by atoms with Crippen LogP contribution in [0.3, 0.4) is 0 Å². The van der Waals surface area contributed by atoms with Gasteiger partial charge < -0.3 is 14.3 Å². The lowest BCUT2D eigenvalue weighted by Crippen LogP contribution is -2.24. The Morgan fingerprint density at radius 1 is 1.33 bits per heavy atom. The van der Waals surface area contributed by atoms with Gasteiger partial charge in [-0.25, -0.2) is 13.1 Å². The molecule has 2 heterocycles. The lowest BCUT2D eigenvalue weighted by Gasteiger charge is -2.04. The molecule has 9 heteroatoms. The molecular weight excluding hydrogens is 294 g/mol. The van der Waals surface area contributed by atoms with Crippen molar-refractivity contribution in [3.05, 3.63) is 30.0 Å². The van der Waals surface area contributed by atoms with Crippen molar-refractivity contribution in [3.8, 4) is 0 Å². The molecule has 2 rings (SSSR count). The van der Waals surface area contributed by atoms with Crippen LogP contribution in [0.1, 0.15) is 24.9 Å². The number of aromatic nitrogens is 3. The van der Waals surface area contributed by atoms with Crippen molar-refractivity contribution in [1.82, 2.24) is 24.8 Å². The van der Waals surface area contributed by atoms with Gasteiger partial charge in [0.2, 0.25) is 5.09 Å². The van der Waals surface area contributed by atoms with Gasteiger partial charge in [0.15, 0.2) is 0 Å². The van der Waals surface area contributed by atoms with Gasteiger partial charge in [-0.2, -0.15) is 0 Å². The molecule has 0 aromatic carbocycles. The maximum absolute atomic E-state index is 12.1. The van der Waals surface area contributed by atoms with Gasteiger partial charge in [0.1, 0.15) is 17.9 Å². The third kappa shape index (κ3) is 4.13.